The minimum Gasteiger partial charge on any atom is -0.501 e. The lowest BCUT2D eigenvalue weighted by atomic mass is 9.49. The van der Waals surface area contributed by atoms with Gasteiger partial charge in [0.05, 0.1) is 24.0 Å². The first-order chi connectivity index (χ1) is 14.9. The van der Waals surface area contributed by atoms with E-state index in [0.29, 0.717) is 5.76 Å². The van der Waals surface area contributed by atoms with Crippen LogP contribution in [0.4, 0.5) is 0 Å². The predicted molar refractivity (Wildman–Crippen MR) is 105 cm³/mol. The summed E-state index contributed by atoms with van der Waals surface area (Å²) >= 11 is 0. The van der Waals surface area contributed by atoms with Crippen LogP contribution in [0, 0.1) is 17.3 Å². The Bertz CT molecular complexity index is 922. The van der Waals surface area contributed by atoms with Crippen LogP contribution in [0.25, 0.3) is 0 Å². The molecule has 0 radical (unpaired) electrons. The molecule has 1 spiro atoms. The molecule has 0 aromatic heterocycles. The molecule has 10 unspecified atom stereocenters. The quantitative estimate of drug-likeness (QED) is 0.252. The molecule has 10 heteroatoms. The van der Waals surface area contributed by atoms with Crippen LogP contribution in [0.5, 0.6) is 0 Å². The molecule has 10 atom stereocenters. The molecule has 10 nitrogen and oxygen atoms in total. The van der Waals surface area contributed by atoms with Gasteiger partial charge in [0.2, 0.25) is 0 Å². The maximum atomic E-state index is 13.1. The van der Waals surface area contributed by atoms with E-state index in [4.69, 9.17) is 28.4 Å². The number of aliphatic hydroxyl groups is 2. The Hall–Kier alpha value is -1.72. The Morgan fingerprint density at radius 3 is 2.31 bits per heavy atom. The fraction of sp³-hybridized carbons (Fsp3) is 0.818. The van der Waals surface area contributed by atoms with Crippen molar-refractivity contribution in [1.29, 1.82) is 0 Å². The summed E-state index contributed by atoms with van der Waals surface area (Å²) in [6.07, 6.45) is -4.31. The largest absolute Gasteiger partial charge is 0.501 e. The molecular weight excluding hydrogens is 424 g/mol. The van der Waals surface area contributed by atoms with Crippen LogP contribution < -0.4 is 0 Å². The van der Waals surface area contributed by atoms with Gasteiger partial charge in [0.1, 0.15) is 47.5 Å². The van der Waals surface area contributed by atoms with E-state index in [-0.39, 0.29) is 5.57 Å². The van der Waals surface area contributed by atoms with E-state index < -0.39 is 76.5 Å². The van der Waals surface area contributed by atoms with Crippen molar-refractivity contribution >= 4 is 11.9 Å². The molecule has 3 heterocycles. The van der Waals surface area contributed by atoms with E-state index in [9.17, 15) is 19.8 Å². The minimum atomic E-state index is -1.85. The minimum absolute atomic E-state index is 0.189. The number of epoxide rings is 1. The van der Waals surface area contributed by atoms with Gasteiger partial charge in [-0.2, -0.15) is 0 Å². The van der Waals surface area contributed by atoms with E-state index in [1.165, 1.54) is 21.3 Å². The number of allylic oxidation sites excluding steroid dienone is 1. The first-order valence-electron chi connectivity index (χ1n) is 10.7. The SMILES string of the molecule is COC(C)=C1C(=O)OC2(C1OC)C1OC1C1(O)C3C(=O)OC(C3C(C)(C)O)C(OC)C12C. The number of hydrogen-bond acceptors (Lipinski definition) is 10. The third-order valence-corrected chi connectivity index (χ3v) is 8.68. The Labute approximate surface area is 185 Å². The molecule has 5 fully saturated rings. The molecule has 3 saturated heterocycles. The van der Waals surface area contributed by atoms with E-state index in [2.05, 4.69) is 0 Å². The number of esters is 2. The highest BCUT2D eigenvalue weighted by molar-refractivity contribution is 5.94. The van der Waals surface area contributed by atoms with Gasteiger partial charge in [-0.05, 0) is 27.7 Å². The number of rotatable bonds is 4. The summed E-state index contributed by atoms with van der Waals surface area (Å²) in [7, 11) is 4.32. The van der Waals surface area contributed by atoms with Crippen LogP contribution in [-0.4, -0.2) is 90.8 Å². The van der Waals surface area contributed by atoms with Crippen molar-refractivity contribution in [2.45, 2.75) is 75.0 Å². The number of methoxy groups -OCH3 is 3. The standard InChI is InChI=1S/C22H30O10/c1-8(27-5)9-13(28-6)22(32-17(9)23)16-15(31-16)21(26)11-10(19(2,3)25)12(30-18(11)24)14(29-7)20(21,22)4/h10-16,25-26H,1-7H3. The normalized spacial score (nSPS) is 52.5. The van der Waals surface area contributed by atoms with Gasteiger partial charge < -0.3 is 38.6 Å². The maximum Gasteiger partial charge on any atom is 0.341 e. The molecule has 2 bridgehead atoms. The number of ether oxygens (including phenoxy) is 6. The second-order valence-corrected chi connectivity index (χ2v) is 10.2. The average molecular weight is 454 g/mol. The molecule has 0 aromatic rings. The summed E-state index contributed by atoms with van der Waals surface area (Å²) < 4.78 is 34.7. The van der Waals surface area contributed by atoms with Gasteiger partial charge in [-0.3, -0.25) is 4.79 Å². The van der Waals surface area contributed by atoms with E-state index in [0.717, 1.165) is 0 Å². The lowest BCUT2D eigenvalue weighted by Gasteiger charge is -2.59. The Kier molecular flexibility index (Phi) is 4.30. The van der Waals surface area contributed by atoms with Crippen LogP contribution in [0.15, 0.2) is 11.3 Å². The zero-order valence-electron chi connectivity index (χ0n) is 19.2. The maximum absolute atomic E-state index is 13.1. The summed E-state index contributed by atoms with van der Waals surface area (Å²) in [6.45, 7) is 6.50. The lowest BCUT2D eigenvalue weighted by Crippen LogP contribution is -2.76. The van der Waals surface area contributed by atoms with Crippen LogP contribution in [0.3, 0.4) is 0 Å². The molecule has 32 heavy (non-hydrogen) atoms. The highest BCUT2D eigenvalue weighted by Crippen LogP contribution is 2.75. The van der Waals surface area contributed by atoms with Gasteiger partial charge >= 0.3 is 11.9 Å². The molecule has 178 valence electrons. The molecule has 5 rings (SSSR count). The molecule has 0 aromatic carbocycles. The fourth-order valence-corrected chi connectivity index (χ4v) is 7.36. The van der Waals surface area contributed by atoms with Gasteiger partial charge in [0, 0.05) is 20.1 Å². The molecule has 2 N–H and O–H groups in total. The smallest absolute Gasteiger partial charge is 0.341 e. The van der Waals surface area contributed by atoms with Crippen molar-refractivity contribution in [1.82, 2.24) is 0 Å². The topological polar surface area (TPSA) is 133 Å². The van der Waals surface area contributed by atoms with Crippen molar-refractivity contribution in [3.8, 4) is 0 Å². The molecule has 2 saturated carbocycles. The van der Waals surface area contributed by atoms with E-state index in [1.54, 1.807) is 27.7 Å². The fourth-order valence-electron chi connectivity index (χ4n) is 7.36. The molecule has 2 aliphatic carbocycles. The number of carbonyl (C=O) groups excluding carboxylic acids is 2. The third kappa shape index (κ3) is 2.05. The first kappa shape index (κ1) is 22.1. The highest BCUT2D eigenvalue weighted by atomic mass is 16.7. The summed E-state index contributed by atoms with van der Waals surface area (Å²) in [5.41, 5.74) is -5.88. The average Bonchev–Trinajstić information content (AvgIpc) is 3.34. The van der Waals surface area contributed by atoms with Crippen LogP contribution >= 0.6 is 0 Å². The number of carbonyl (C=O) groups is 2. The zero-order valence-corrected chi connectivity index (χ0v) is 19.2. The molecule has 5 aliphatic rings. The monoisotopic (exact) mass is 454 g/mol. The molecular formula is C22H30O10. The predicted octanol–water partition coefficient (Wildman–Crippen LogP) is -0.307. The second kappa shape index (κ2) is 6.24. The summed E-state index contributed by atoms with van der Waals surface area (Å²) in [5.74, 6) is -2.82. The van der Waals surface area contributed by atoms with Gasteiger partial charge in [-0.15, -0.1) is 0 Å². The van der Waals surface area contributed by atoms with Crippen LogP contribution in [0.2, 0.25) is 0 Å². The Balaban J connectivity index is 1.77. The summed E-state index contributed by atoms with van der Waals surface area (Å²) in [6, 6.07) is 0. The molecule has 3 aliphatic heterocycles. The van der Waals surface area contributed by atoms with Crippen molar-refractivity contribution in [3.63, 3.8) is 0 Å². The van der Waals surface area contributed by atoms with Gasteiger partial charge in [0.25, 0.3) is 0 Å². The van der Waals surface area contributed by atoms with Crippen LogP contribution in [-0.2, 0) is 38.0 Å². The third-order valence-electron chi connectivity index (χ3n) is 8.68. The van der Waals surface area contributed by atoms with Gasteiger partial charge in [-0.25, -0.2) is 4.79 Å². The van der Waals surface area contributed by atoms with Crippen molar-refractivity contribution in [3.05, 3.63) is 11.3 Å². The second-order valence-electron chi connectivity index (χ2n) is 10.2. The lowest BCUT2D eigenvalue weighted by molar-refractivity contribution is -0.303. The van der Waals surface area contributed by atoms with Crippen molar-refractivity contribution in [2.24, 2.45) is 17.3 Å². The number of fused-ring (bicyclic) bond motifs is 8. The van der Waals surface area contributed by atoms with Gasteiger partial charge in [-0.1, -0.05) is 0 Å². The first-order valence-corrected chi connectivity index (χ1v) is 10.7. The van der Waals surface area contributed by atoms with E-state index in [1.807, 2.05) is 0 Å². The van der Waals surface area contributed by atoms with E-state index >= 15 is 0 Å². The van der Waals surface area contributed by atoms with Crippen molar-refractivity contribution in [2.75, 3.05) is 21.3 Å². The highest BCUT2D eigenvalue weighted by Gasteiger charge is 2.95. The Morgan fingerprint density at radius 2 is 1.78 bits per heavy atom. The van der Waals surface area contributed by atoms with Crippen molar-refractivity contribution < 1.29 is 48.2 Å². The van der Waals surface area contributed by atoms with Gasteiger partial charge in [0.15, 0.2) is 5.60 Å². The summed E-state index contributed by atoms with van der Waals surface area (Å²) in [5, 5.41) is 23.3. The Morgan fingerprint density at radius 1 is 1.12 bits per heavy atom. The molecule has 0 amide bonds. The zero-order chi connectivity index (χ0) is 23.6. The van der Waals surface area contributed by atoms with Crippen LogP contribution in [0.1, 0.15) is 27.7 Å². The number of hydrogen-bond donors (Lipinski definition) is 2. The summed E-state index contributed by atoms with van der Waals surface area (Å²) in [4.78, 5) is 26.2.